The van der Waals surface area contributed by atoms with Crippen LogP contribution in [0.25, 0.3) is 0 Å². The summed E-state index contributed by atoms with van der Waals surface area (Å²) in [6.45, 7) is 1.78. The summed E-state index contributed by atoms with van der Waals surface area (Å²) in [6, 6.07) is 0. The highest BCUT2D eigenvalue weighted by Gasteiger charge is 2.68. The van der Waals surface area contributed by atoms with Gasteiger partial charge in [0.05, 0.1) is 6.10 Å². The van der Waals surface area contributed by atoms with E-state index in [-0.39, 0.29) is 12.0 Å². The fourth-order valence-electron chi connectivity index (χ4n) is 2.66. The summed E-state index contributed by atoms with van der Waals surface area (Å²) in [4.78, 5) is 0. The van der Waals surface area contributed by atoms with Crippen LogP contribution in [0.3, 0.4) is 0 Å². The monoisotopic (exact) mass is 206 g/mol. The quantitative estimate of drug-likeness (QED) is 0.507. The van der Waals surface area contributed by atoms with E-state index in [0.717, 1.165) is 0 Å². The molecule has 0 saturated carbocycles. The second-order valence-electron chi connectivity index (χ2n) is 3.93. The third-order valence-corrected chi connectivity index (χ3v) is 5.10. The number of ether oxygens (including phenoxy) is 1. The highest BCUT2D eigenvalue weighted by atomic mass is 32.2. The first kappa shape index (κ1) is 8.16. The molecule has 6 unspecified atom stereocenters. The smallest absolute Gasteiger partial charge is 0.273 e. The lowest BCUT2D eigenvalue weighted by molar-refractivity contribution is 0.0229. The van der Waals surface area contributed by atoms with E-state index in [0.29, 0.717) is 0 Å². The molecule has 3 rings (SSSR count). The van der Waals surface area contributed by atoms with Crippen LogP contribution in [0.1, 0.15) is 6.92 Å². The lowest BCUT2D eigenvalue weighted by atomic mass is 9.86. The maximum absolute atomic E-state index is 11.4. The van der Waals surface area contributed by atoms with E-state index in [1.54, 1.807) is 6.92 Å². The Labute approximate surface area is 75.8 Å². The van der Waals surface area contributed by atoms with Crippen molar-refractivity contribution in [3.05, 3.63) is 0 Å². The topological polar surface area (TPSA) is 72.8 Å². The Morgan fingerprint density at radius 2 is 1.92 bits per heavy atom. The van der Waals surface area contributed by atoms with Crippen LogP contribution in [-0.2, 0) is 19.0 Å². The van der Waals surface area contributed by atoms with Gasteiger partial charge in [-0.05, 0) is 0 Å². The van der Waals surface area contributed by atoms with Gasteiger partial charge in [-0.25, -0.2) is 0 Å². The van der Waals surface area contributed by atoms with Gasteiger partial charge in [0, 0.05) is 5.92 Å². The molecule has 3 saturated heterocycles. The molecule has 1 N–H and O–H groups in total. The van der Waals surface area contributed by atoms with Crippen molar-refractivity contribution in [2.45, 2.75) is 36.6 Å². The van der Waals surface area contributed by atoms with Gasteiger partial charge in [0.2, 0.25) is 0 Å². The van der Waals surface area contributed by atoms with E-state index < -0.39 is 33.7 Å². The van der Waals surface area contributed by atoms with Gasteiger partial charge in [0.15, 0.2) is 0 Å². The van der Waals surface area contributed by atoms with Gasteiger partial charge in [-0.15, -0.1) is 0 Å². The number of rotatable bonds is 0. The maximum atomic E-state index is 11.4. The number of hydrogen-bond acceptors (Lipinski definition) is 5. The average molecular weight is 206 g/mol. The molecule has 5 nitrogen and oxygen atoms in total. The SMILES string of the molecule is CC1C2OC3C(OS(=O)(=O)C13)C2O. The third-order valence-electron chi connectivity index (χ3n) is 3.25. The van der Waals surface area contributed by atoms with Crippen molar-refractivity contribution in [1.29, 1.82) is 0 Å². The minimum absolute atomic E-state index is 0.163. The Morgan fingerprint density at radius 3 is 2.54 bits per heavy atom. The van der Waals surface area contributed by atoms with Crippen LogP contribution >= 0.6 is 0 Å². The molecule has 74 valence electrons. The third kappa shape index (κ3) is 0.758. The first-order valence-electron chi connectivity index (χ1n) is 4.28. The van der Waals surface area contributed by atoms with Crippen molar-refractivity contribution < 1.29 is 22.4 Å². The molecule has 3 aliphatic rings. The van der Waals surface area contributed by atoms with Crippen LogP contribution in [0.5, 0.6) is 0 Å². The lowest BCUT2D eigenvalue weighted by Crippen LogP contribution is -2.43. The predicted octanol–water partition coefficient (Wildman–Crippen LogP) is -1.14. The molecule has 0 amide bonds. The Morgan fingerprint density at radius 1 is 1.23 bits per heavy atom. The zero-order valence-corrected chi connectivity index (χ0v) is 7.77. The molecule has 3 heterocycles. The zero-order chi connectivity index (χ0) is 9.38. The van der Waals surface area contributed by atoms with Crippen LogP contribution in [-0.4, -0.2) is 43.2 Å². The molecular weight excluding hydrogens is 196 g/mol. The molecule has 6 atom stereocenters. The average Bonchev–Trinajstić information content (AvgIpc) is 2.54. The molecule has 3 fully saturated rings. The highest BCUT2D eigenvalue weighted by Crippen LogP contribution is 2.49. The number of hydrogen-bond donors (Lipinski definition) is 1. The molecule has 0 aromatic rings. The molecule has 6 heteroatoms. The lowest BCUT2D eigenvalue weighted by Gasteiger charge is -2.21. The van der Waals surface area contributed by atoms with Gasteiger partial charge in [0.25, 0.3) is 10.1 Å². The first-order valence-corrected chi connectivity index (χ1v) is 5.75. The van der Waals surface area contributed by atoms with Crippen molar-refractivity contribution in [3.63, 3.8) is 0 Å². The van der Waals surface area contributed by atoms with Gasteiger partial charge in [-0.3, -0.25) is 4.18 Å². The van der Waals surface area contributed by atoms with Gasteiger partial charge in [-0.1, -0.05) is 6.92 Å². The fourth-order valence-corrected chi connectivity index (χ4v) is 4.55. The van der Waals surface area contributed by atoms with E-state index in [9.17, 15) is 13.5 Å². The molecule has 2 bridgehead atoms. The van der Waals surface area contributed by atoms with E-state index in [1.165, 1.54) is 0 Å². The summed E-state index contributed by atoms with van der Waals surface area (Å²) < 4.78 is 33.0. The normalized spacial score (nSPS) is 61.7. The van der Waals surface area contributed by atoms with Crippen molar-refractivity contribution in [3.8, 4) is 0 Å². The van der Waals surface area contributed by atoms with Gasteiger partial charge < -0.3 is 9.84 Å². The molecule has 13 heavy (non-hydrogen) atoms. The summed E-state index contributed by atoms with van der Waals surface area (Å²) in [5.41, 5.74) is 0. The van der Waals surface area contributed by atoms with E-state index in [2.05, 4.69) is 0 Å². The summed E-state index contributed by atoms with van der Waals surface area (Å²) in [6.07, 6.45) is -2.25. The maximum Gasteiger partial charge on any atom is 0.273 e. The van der Waals surface area contributed by atoms with E-state index >= 15 is 0 Å². The second-order valence-corrected chi connectivity index (χ2v) is 5.66. The largest absolute Gasteiger partial charge is 0.388 e. The zero-order valence-electron chi connectivity index (χ0n) is 6.95. The van der Waals surface area contributed by atoms with Gasteiger partial charge >= 0.3 is 0 Å². The Balaban J connectivity index is 2.14. The summed E-state index contributed by atoms with van der Waals surface area (Å²) in [7, 11) is -3.50. The molecule has 3 aliphatic heterocycles. The second kappa shape index (κ2) is 2.08. The Hall–Kier alpha value is -0.170. The fraction of sp³-hybridized carbons (Fsp3) is 1.00. The van der Waals surface area contributed by atoms with E-state index in [1.807, 2.05) is 0 Å². The molecule has 0 spiro atoms. The van der Waals surface area contributed by atoms with Crippen LogP contribution in [0, 0.1) is 5.92 Å². The Kier molecular flexibility index (Phi) is 1.31. The molecule has 0 radical (unpaired) electrons. The minimum atomic E-state index is -3.50. The standard InChI is InChI=1S/C7H10O5S/c1-2-4-3(8)5-6(11-4)7(2)13(9,10)12-5/h2-8H,1H3. The van der Waals surface area contributed by atoms with Crippen LogP contribution in [0.4, 0.5) is 0 Å². The molecule has 0 aromatic carbocycles. The summed E-state index contributed by atoms with van der Waals surface area (Å²) in [5.74, 6) is -0.163. The van der Waals surface area contributed by atoms with Crippen LogP contribution in [0.15, 0.2) is 0 Å². The van der Waals surface area contributed by atoms with Crippen molar-refractivity contribution in [2.75, 3.05) is 0 Å². The van der Waals surface area contributed by atoms with Crippen LogP contribution < -0.4 is 0 Å². The highest BCUT2D eigenvalue weighted by molar-refractivity contribution is 7.87. The molecule has 0 aromatic heterocycles. The summed E-state index contributed by atoms with van der Waals surface area (Å²) in [5, 5.41) is 9.03. The Bertz CT molecular complexity index is 350. The van der Waals surface area contributed by atoms with Crippen molar-refractivity contribution in [2.24, 2.45) is 5.92 Å². The predicted molar refractivity (Wildman–Crippen MR) is 41.4 cm³/mol. The number of aliphatic hydroxyl groups is 1. The van der Waals surface area contributed by atoms with Crippen LogP contribution in [0.2, 0.25) is 0 Å². The summed E-state index contributed by atoms with van der Waals surface area (Å²) >= 11 is 0. The van der Waals surface area contributed by atoms with Crippen molar-refractivity contribution >= 4 is 10.1 Å². The van der Waals surface area contributed by atoms with Gasteiger partial charge in [-0.2, -0.15) is 8.42 Å². The minimum Gasteiger partial charge on any atom is -0.388 e. The number of aliphatic hydroxyl groups excluding tert-OH is 1. The van der Waals surface area contributed by atoms with Gasteiger partial charge in [0.1, 0.15) is 23.6 Å². The molecule has 0 aliphatic carbocycles. The number of fused-ring (bicyclic) bond motifs is 1. The van der Waals surface area contributed by atoms with Crippen molar-refractivity contribution in [1.82, 2.24) is 0 Å². The van der Waals surface area contributed by atoms with E-state index in [4.69, 9.17) is 8.92 Å². The first-order chi connectivity index (χ1) is 6.02. The molecular formula is C7H10O5S.